The zero-order valence-corrected chi connectivity index (χ0v) is 27.7. The van der Waals surface area contributed by atoms with Crippen molar-refractivity contribution in [3.63, 3.8) is 0 Å². The van der Waals surface area contributed by atoms with Crippen LogP contribution in [0.3, 0.4) is 0 Å². The number of sulfone groups is 1. The van der Waals surface area contributed by atoms with Gasteiger partial charge in [0.15, 0.2) is 9.84 Å². The Bertz CT molecular complexity index is 1540. The molecule has 0 fully saturated rings. The normalized spacial score (nSPS) is 13.7. The van der Waals surface area contributed by atoms with Gasteiger partial charge in [-0.05, 0) is 61.9 Å². The summed E-state index contributed by atoms with van der Waals surface area (Å²) in [5.41, 5.74) is 2.76. The summed E-state index contributed by atoms with van der Waals surface area (Å²) in [6, 6.07) is 8.25. The Kier molecular flexibility index (Phi) is 13.6. The Morgan fingerprint density at radius 3 is 2.31 bits per heavy atom. The molecular weight excluding hydrogens is 623 g/mol. The second-order valence-corrected chi connectivity index (χ2v) is 14.5. The van der Waals surface area contributed by atoms with E-state index in [9.17, 15) is 31.9 Å². The van der Waals surface area contributed by atoms with Crippen LogP contribution in [-0.4, -0.2) is 66.6 Å². The SMILES string of the molecule is CCCCS(=O)(=O)C[C@@H](NC(=O)c1sc(C)nc1C)C(=O)N[C@@H](Cc1cc(F)cc(F)c1)[C@H](O)CNCc1cccc(CC)c1. The Labute approximate surface area is 267 Å². The van der Waals surface area contributed by atoms with E-state index in [1.807, 2.05) is 38.1 Å². The number of amides is 2. The molecule has 2 amide bonds. The number of rotatable bonds is 17. The van der Waals surface area contributed by atoms with Crippen molar-refractivity contribution >= 4 is 33.0 Å². The van der Waals surface area contributed by atoms with Crippen molar-refractivity contribution in [2.45, 2.75) is 78.1 Å². The van der Waals surface area contributed by atoms with Gasteiger partial charge in [0.2, 0.25) is 5.91 Å². The summed E-state index contributed by atoms with van der Waals surface area (Å²) in [6.07, 6.45) is 0.468. The maximum absolute atomic E-state index is 14.0. The molecule has 3 aromatic rings. The minimum Gasteiger partial charge on any atom is -0.390 e. The van der Waals surface area contributed by atoms with Crippen LogP contribution in [0.15, 0.2) is 42.5 Å². The number of aromatic nitrogens is 1. The Morgan fingerprint density at radius 2 is 1.69 bits per heavy atom. The van der Waals surface area contributed by atoms with Crippen LogP contribution in [0.25, 0.3) is 0 Å². The van der Waals surface area contributed by atoms with Crippen molar-refractivity contribution in [3.8, 4) is 0 Å². The molecule has 9 nitrogen and oxygen atoms in total. The van der Waals surface area contributed by atoms with E-state index in [-0.39, 0.29) is 29.2 Å². The molecule has 0 saturated heterocycles. The number of thiazole rings is 1. The van der Waals surface area contributed by atoms with Gasteiger partial charge in [-0.3, -0.25) is 9.59 Å². The second kappa shape index (κ2) is 16.9. The first kappa shape index (κ1) is 36.2. The summed E-state index contributed by atoms with van der Waals surface area (Å²) >= 11 is 1.12. The third-order valence-electron chi connectivity index (χ3n) is 7.21. The van der Waals surface area contributed by atoms with Crippen LogP contribution in [0, 0.1) is 25.5 Å². The highest BCUT2D eigenvalue weighted by Crippen LogP contribution is 2.18. The van der Waals surface area contributed by atoms with E-state index in [1.165, 1.54) is 0 Å². The Balaban J connectivity index is 1.84. The van der Waals surface area contributed by atoms with E-state index in [0.717, 1.165) is 47.1 Å². The van der Waals surface area contributed by atoms with Gasteiger partial charge >= 0.3 is 0 Å². The molecule has 0 bridgehead atoms. The minimum absolute atomic E-state index is 0.00422. The van der Waals surface area contributed by atoms with Crippen molar-refractivity contribution in [1.29, 1.82) is 0 Å². The zero-order valence-electron chi connectivity index (χ0n) is 26.0. The molecule has 0 aliphatic heterocycles. The number of benzene rings is 2. The third-order valence-corrected chi connectivity index (χ3v) is 10.0. The van der Waals surface area contributed by atoms with Gasteiger partial charge in [-0.15, -0.1) is 11.3 Å². The average molecular weight is 665 g/mol. The van der Waals surface area contributed by atoms with E-state index >= 15 is 0 Å². The van der Waals surface area contributed by atoms with Crippen LogP contribution in [-0.2, 0) is 34.0 Å². The predicted molar refractivity (Wildman–Crippen MR) is 172 cm³/mol. The van der Waals surface area contributed by atoms with Crippen LogP contribution in [0.5, 0.6) is 0 Å². The minimum atomic E-state index is -3.76. The van der Waals surface area contributed by atoms with Gasteiger partial charge in [0.25, 0.3) is 5.91 Å². The number of carbonyl (C=O) groups excluding carboxylic acids is 2. The number of carbonyl (C=O) groups is 2. The van der Waals surface area contributed by atoms with E-state index in [4.69, 9.17) is 0 Å². The van der Waals surface area contributed by atoms with Crippen LogP contribution in [0.2, 0.25) is 0 Å². The fourth-order valence-electron chi connectivity index (χ4n) is 4.87. The van der Waals surface area contributed by atoms with E-state index in [2.05, 4.69) is 20.9 Å². The van der Waals surface area contributed by atoms with E-state index in [1.54, 1.807) is 13.8 Å². The van der Waals surface area contributed by atoms with Gasteiger partial charge in [-0.1, -0.05) is 44.5 Å². The van der Waals surface area contributed by atoms with Gasteiger partial charge < -0.3 is 21.1 Å². The van der Waals surface area contributed by atoms with Gasteiger partial charge in [0.05, 0.1) is 34.4 Å². The molecule has 0 saturated carbocycles. The molecule has 0 unspecified atom stereocenters. The second-order valence-electron chi connectivity index (χ2n) is 11.1. The van der Waals surface area contributed by atoms with E-state index in [0.29, 0.717) is 30.1 Å². The van der Waals surface area contributed by atoms with Crippen molar-refractivity contribution in [3.05, 3.63) is 86.4 Å². The summed E-state index contributed by atoms with van der Waals surface area (Å²) in [5, 5.41) is 20.2. The predicted octanol–water partition coefficient (Wildman–Crippen LogP) is 3.79. The lowest BCUT2D eigenvalue weighted by Crippen LogP contribution is -2.56. The molecule has 4 N–H and O–H groups in total. The molecule has 2 aromatic carbocycles. The van der Waals surface area contributed by atoms with Crippen molar-refractivity contribution in [1.82, 2.24) is 20.9 Å². The standard InChI is InChI=1S/C32H42F2N4O5S2/c1-5-7-11-45(42,43)19-28(38-32(41)30-20(3)36-21(4)44-30)31(40)37-27(15-24-13-25(33)16-26(34)14-24)29(39)18-35-17-23-10-8-9-22(6-2)12-23/h8-10,12-14,16,27-29,35,39H,5-7,11,15,17-19H2,1-4H3,(H,37,40)(H,38,41)/t27-,28+,29+/m0/s1. The monoisotopic (exact) mass is 664 g/mol. The number of aliphatic hydroxyl groups is 1. The van der Waals surface area contributed by atoms with Gasteiger partial charge in [-0.2, -0.15) is 0 Å². The summed E-state index contributed by atoms with van der Waals surface area (Å²) < 4.78 is 53.9. The van der Waals surface area contributed by atoms with Crippen LogP contribution in [0.4, 0.5) is 8.78 Å². The maximum atomic E-state index is 14.0. The molecule has 45 heavy (non-hydrogen) atoms. The first-order valence-corrected chi connectivity index (χ1v) is 17.6. The fourth-order valence-corrected chi connectivity index (χ4v) is 7.33. The molecule has 1 heterocycles. The first-order valence-electron chi connectivity index (χ1n) is 15.0. The first-order chi connectivity index (χ1) is 21.3. The number of aliphatic hydroxyl groups excluding tert-OH is 1. The number of hydrogen-bond donors (Lipinski definition) is 4. The Hall–Kier alpha value is -3.26. The summed E-state index contributed by atoms with van der Waals surface area (Å²) in [5.74, 6) is -3.96. The lowest BCUT2D eigenvalue weighted by molar-refractivity contribution is -0.124. The van der Waals surface area contributed by atoms with Crippen molar-refractivity contribution in [2.75, 3.05) is 18.1 Å². The summed E-state index contributed by atoms with van der Waals surface area (Å²) in [7, 11) is -3.76. The maximum Gasteiger partial charge on any atom is 0.263 e. The number of unbranched alkanes of at least 4 members (excludes halogenated alkanes) is 1. The number of aryl methyl sites for hydroxylation is 3. The number of nitrogens with zero attached hydrogens (tertiary/aromatic N) is 1. The van der Waals surface area contributed by atoms with E-state index < -0.39 is 57.2 Å². The largest absolute Gasteiger partial charge is 0.390 e. The molecule has 1 aromatic heterocycles. The van der Waals surface area contributed by atoms with Crippen molar-refractivity contribution in [2.24, 2.45) is 0 Å². The van der Waals surface area contributed by atoms with Gasteiger partial charge in [0, 0.05) is 19.2 Å². The smallest absolute Gasteiger partial charge is 0.263 e. The third kappa shape index (κ3) is 11.6. The molecule has 3 rings (SSSR count). The lowest BCUT2D eigenvalue weighted by Gasteiger charge is -2.27. The summed E-state index contributed by atoms with van der Waals surface area (Å²) in [4.78, 5) is 31.3. The lowest BCUT2D eigenvalue weighted by atomic mass is 10.00. The number of halogens is 2. The highest BCUT2D eigenvalue weighted by Gasteiger charge is 2.32. The average Bonchev–Trinajstić information content (AvgIpc) is 3.32. The summed E-state index contributed by atoms with van der Waals surface area (Å²) in [6.45, 7) is 7.67. The molecule has 0 aliphatic carbocycles. The highest BCUT2D eigenvalue weighted by atomic mass is 32.2. The molecule has 0 spiro atoms. The number of nitrogens with one attached hydrogen (secondary N) is 3. The molecular formula is C32H42F2N4O5S2. The molecule has 13 heteroatoms. The van der Waals surface area contributed by atoms with Gasteiger partial charge in [-0.25, -0.2) is 22.2 Å². The molecule has 0 aliphatic rings. The van der Waals surface area contributed by atoms with Gasteiger partial charge in [0.1, 0.15) is 22.6 Å². The molecule has 246 valence electrons. The zero-order chi connectivity index (χ0) is 33.1. The number of hydrogen-bond acceptors (Lipinski definition) is 8. The molecule has 0 radical (unpaired) electrons. The highest BCUT2D eigenvalue weighted by molar-refractivity contribution is 7.91. The van der Waals surface area contributed by atoms with Crippen molar-refractivity contribution < 1.29 is 31.9 Å². The molecule has 3 atom stereocenters. The quantitative estimate of drug-likeness (QED) is 0.172. The Morgan fingerprint density at radius 1 is 1.00 bits per heavy atom. The fraction of sp³-hybridized carbons (Fsp3) is 0.469. The van der Waals surface area contributed by atoms with Crippen LogP contribution < -0.4 is 16.0 Å². The van der Waals surface area contributed by atoms with Crippen LogP contribution in [0.1, 0.15) is 63.8 Å². The topological polar surface area (TPSA) is 137 Å². The van der Waals surface area contributed by atoms with Crippen LogP contribution >= 0.6 is 11.3 Å².